The van der Waals surface area contributed by atoms with Gasteiger partial charge < -0.3 is 19.7 Å². The number of carbonyl (C=O) groups excluding carboxylic acids is 1. The van der Waals surface area contributed by atoms with Crippen LogP contribution in [0.4, 0.5) is 0 Å². The number of methoxy groups -OCH3 is 1. The Hall–Kier alpha value is -2.50. The van der Waals surface area contributed by atoms with Gasteiger partial charge in [-0.1, -0.05) is 43.6 Å². The Balaban J connectivity index is 1.95. The summed E-state index contributed by atoms with van der Waals surface area (Å²) < 4.78 is 10.6. The van der Waals surface area contributed by atoms with Crippen LogP contribution in [0.1, 0.15) is 25.0 Å². The Labute approximate surface area is 169 Å². The number of hydrogen-bond donors (Lipinski definition) is 2. The standard InChI is InChI=1S/C22H23ClO5/c1-13(2)22(26)17(10-15-6-9-19(24)18(23)11-15)21(25)28-20(22)12-14-4-7-16(27-3)8-5-14/h4-9,11-13,17,24,26H,10H2,1-3H3. The van der Waals surface area contributed by atoms with Crippen molar-refractivity contribution in [1.82, 2.24) is 0 Å². The number of rotatable bonds is 5. The van der Waals surface area contributed by atoms with Crippen molar-refractivity contribution in [2.75, 3.05) is 7.11 Å². The van der Waals surface area contributed by atoms with Gasteiger partial charge in [0.15, 0.2) is 0 Å². The second-order valence-corrected chi connectivity index (χ2v) is 7.63. The zero-order chi connectivity index (χ0) is 20.5. The van der Waals surface area contributed by atoms with Crippen molar-refractivity contribution in [3.63, 3.8) is 0 Å². The fraction of sp³-hybridized carbons (Fsp3) is 0.318. The zero-order valence-electron chi connectivity index (χ0n) is 16.0. The molecule has 1 fully saturated rings. The Morgan fingerprint density at radius 3 is 2.50 bits per heavy atom. The highest BCUT2D eigenvalue weighted by Crippen LogP contribution is 2.44. The molecule has 2 aromatic carbocycles. The van der Waals surface area contributed by atoms with Gasteiger partial charge in [0.1, 0.15) is 22.9 Å². The molecule has 1 aliphatic rings. The van der Waals surface area contributed by atoms with Crippen LogP contribution in [-0.2, 0) is 16.0 Å². The van der Waals surface area contributed by atoms with Gasteiger partial charge in [-0.05, 0) is 53.8 Å². The topological polar surface area (TPSA) is 76.0 Å². The van der Waals surface area contributed by atoms with Crippen LogP contribution in [0.15, 0.2) is 48.2 Å². The molecule has 2 atom stereocenters. The Morgan fingerprint density at radius 1 is 1.25 bits per heavy atom. The molecule has 2 N–H and O–H groups in total. The van der Waals surface area contributed by atoms with Crippen molar-refractivity contribution in [2.24, 2.45) is 11.8 Å². The molecule has 1 aliphatic heterocycles. The summed E-state index contributed by atoms with van der Waals surface area (Å²) >= 11 is 5.98. The molecule has 1 saturated heterocycles. The second-order valence-electron chi connectivity index (χ2n) is 7.23. The molecule has 2 aromatic rings. The van der Waals surface area contributed by atoms with Gasteiger partial charge in [0.25, 0.3) is 0 Å². The number of halogens is 1. The van der Waals surface area contributed by atoms with E-state index in [1.165, 1.54) is 6.07 Å². The van der Waals surface area contributed by atoms with Gasteiger partial charge >= 0.3 is 5.97 Å². The van der Waals surface area contributed by atoms with E-state index in [4.69, 9.17) is 21.1 Å². The van der Waals surface area contributed by atoms with Gasteiger partial charge in [0.05, 0.1) is 18.1 Å². The van der Waals surface area contributed by atoms with E-state index in [2.05, 4.69) is 0 Å². The van der Waals surface area contributed by atoms with Crippen molar-refractivity contribution in [1.29, 1.82) is 0 Å². The molecule has 3 rings (SSSR count). The number of benzene rings is 2. The maximum Gasteiger partial charge on any atom is 0.317 e. The highest BCUT2D eigenvalue weighted by Gasteiger charge is 2.55. The first-order chi connectivity index (χ1) is 13.3. The lowest BCUT2D eigenvalue weighted by molar-refractivity contribution is -0.140. The molecule has 0 bridgehead atoms. The summed E-state index contributed by atoms with van der Waals surface area (Å²) in [4.78, 5) is 12.6. The maximum absolute atomic E-state index is 12.6. The lowest BCUT2D eigenvalue weighted by Gasteiger charge is -2.31. The molecule has 1 heterocycles. The largest absolute Gasteiger partial charge is 0.506 e. The molecule has 0 saturated carbocycles. The summed E-state index contributed by atoms with van der Waals surface area (Å²) in [6.07, 6.45) is 1.93. The van der Waals surface area contributed by atoms with E-state index in [1.807, 2.05) is 26.0 Å². The fourth-order valence-electron chi connectivity index (χ4n) is 3.45. The van der Waals surface area contributed by atoms with Crippen LogP contribution in [0.5, 0.6) is 11.5 Å². The maximum atomic E-state index is 12.6. The van der Waals surface area contributed by atoms with Gasteiger partial charge in [0.2, 0.25) is 0 Å². The number of cyclic esters (lactones) is 1. The molecular formula is C22H23ClO5. The molecule has 148 valence electrons. The second kappa shape index (κ2) is 7.86. The van der Waals surface area contributed by atoms with E-state index in [0.717, 1.165) is 11.1 Å². The number of aromatic hydroxyl groups is 1. The van der Waals surface area contributed by atoms with E-state index in [-0.39, 0.29) is 28.9 Å². The van der Waals surface area contributed by atoms with Crippen LogP contribution >= 0.6 is 11.6 Å². The molecule has 0 aliphatic carbocycles. The summed E-state index contributed by atoms with van der Waals surface area (Å²) in [6.45, 7) is 3.70. The third kappa shape index (κ3) is 3.73. The van der Waals surface area contributed by atoms with Crippen molar-refractivity contribution in [2.45, 2.75) is 25.9 Å². The van der Waals surface area contributed by atoms with Gasteiger partial charge in [-0.3, -0.25) is 4.79 Å². The van der Waals surface area contributed by atoms with E-state index < -0.39 is 17.5 Å². The van der Waals surface area contributed by atoms with Crippen molar-refractivity contribution < 1.29 is 24.5 Å². The van der Waals surface area contributed by atoms with E-state index in [0.29, 0.717) is 5.75 Å². The molecule has 5 nitrogen and oxygen atoms in total. The molecule has 0 aromatic heterocycles. The minimum Gasteiger partial charge on any atom is -0.506 e. The van der Waals surface area contributed by atoms with Crippen LogP contribution in [0, 0.1) is 11.8 Å². The number of phenols is 1. The first-order valence-electron chi connectivity index (χ1n) is 9.03. The number of phenolic OH excluding ortho intramolecular Hbond substituents is 1. The predicted octanol–water partition coefficient (Wildman–Crippen LogP) is 4.20. The van der Waals surface area contributed by atoms with E-state index >= 15 is 0 Å². The average Bonchev–Trinajstić information content (AvgIpc) is 2.90. The fourth-order valence-corrected chi connectivity index (χ4v) is 3.65. The summed E-state index contributed by atoms with van der Waals surface area (Å²) in [5.41, 5.74) is 0.0620. The SMILES string of the molecule is COc1ccc(C=C2OC(=O)C(Cc3ccc(O)c(Cl)c3)C2(O)C(C)C)cc1. The summed E-state index contributed by atoms with van der Waals surface area (Å²) in [7, 11) is 1.59. The van der Waals surface area contributed by atoms with E-state index in [9.17, 15) is 15.0 Å². The quantitative estimate of drug-likeness (QED) is 0.733. The monoisotopic (exact) mass is 402 g/mol. The molecule has 0 spiro atoms. The van der Waals surface area contributed by atoms with Gasteiger partial charge in [-0.25, -0.2) is 0 Å². The highest BCUT2D eigenvalue weighted by molar-refractivity contribution is 6.32. The van der Waals surface area contributed by atoms with Crippen LogP contribution < -0.4 is 4.74 Å². The van der Waals surface area contributed by atoms with E-state index in [1.54, 1.807) is 37.5 Å². The number of carbonyl (C=O) groups is 1. The number of hydrogen-bond acceptors (Lipinski definition) is 5. The molecule has 0 amide bonds. The third-order valence-corrected chi connectivity index (χ3v) is 5.47. The van der Waals surface area contributed by atoms with Crippen LogP contribution in [0.2, 0.25) is 5.02 Å². The first kappa shape index (κ1) is 20.2. The highest BCUT2D eigenvalue weighted by atomic mass is 35.5. The third-order valence-electron chi connectivity index (χ3n) is 5.17. The summed E-state index contributed by atoms with van der Waals surface area (Å²) in [5, 5.41) is 21.3. The Morgan fingerprint density at radius 2 is 1.93 bits per heavy atom. The molecule has 0 radical (unpaired) electrons. The summed E-state index contributed by atoms with van der Waals surface area (Å²) in [5.74, 6) is -0.614. The van der Waals surface area contributed by atoms with Gasteiger partial charge in [-0.2, -0.15) is 0 Å². The van der Waals surface area contributed by atoms with Gasteiger partial charge in [0, 0.05) is 0 Å². The lowest BCUT2D eigenvalue weighted by atomic mass is 9.76. The molecule has 28 heavy (non-hydrogen) atoms. The Bertz CT molecular complexity index is 904. The zero-order valence-corrected chi connectivity index (χ0v) is 16.7. The predicted molar refractivity (Wildman–Crippen MR) is 107 cm³/mol. The van der Waals surface area contributed by atoms with Crippen LogP contribution in [0.25, 0.3) is 6.08 Å². The number of esters is 1. The van der Waals surface area contributed by atoms with Crippen molar-refractivity contribution in [3.05, 3.63) is 64.4 Å². The van der Waals surface area contributed by atoms with Crippen molar-refractivity contribution in [3.8, 4) is 11.5 Å². The minimum absolute atomic E-state index is 0.0290. The van der Waals surface area contributed by atoms with Crippen molar-refractivity contribution >= 4 is 23.6 Å². The summed E-state index contributed by atoms with van der Waals surface area (Å²) in [6, 6.07) is 12.0. The average molecular weight is 403 g/mol. The minimum atomic E-state index is -1.46. The molecular weight excluding hydrogens is 380 g/mol. The van der Waals surface area contributed by atoms with Crippen LogP contribution in [0.3, 0.4) is 0 Å². The first-order valence-corrected chi connectivity index (χ1v) is 9.41. The molecule has 6 heteroatoms. The number of aliphatic hydroxyl groups is 1. The molecule has 2 unspecified atom stereocenters. The Kier molecular flexibility index (Phi) is 5.68. The van der Waals surface area contributed by atoms with Crippen LogP contribution in [-0.4, -0.2) is 28.9 Å². The smallest absolute Gasteiger partial charge is 0.317 e. The van der Waals surface area contributed by atoms with Gasteiger partial charge in [-0.15, -0.1) is 0 Å². The normalized spacial score (nSPS) is 23.3. The number of ether oxygens (including phenoxy) is 2. The lowest BCUT2D eigenvalue weighted by Crippen LogP contribution is -2.43.